The molecule has 0 saturated heterocycles. The lowest BCUT2D eigenvalue weighted by molar-refractivity contribution is 0.0520. The quantitative estimate of drug-likeness (QED) is 0.677. The number of ether oxygens (including phenoxy) is 1. The first kappa shape index (κ1) is 14.0. The number of aromatic nitrogens is 3. The van der Waals surface area contributed by atoms with Crippen LogP contribution in [0.5, 0.6) is 0 Å². The van der Waals surface area contributed by atoms with Gasteiger partial charge in [-0.3, -0.25) is 0 Å². The van der Waals surface area contributed by atoms with Crippen LogP contribution in [0, 0.1) is 0 Å². The second-order valence-electron chi connectivity index (χ2n) is 4.27. The Hall–Kier alpha value is -1.99. The van der Waals surface area contributed by atoms with Crippen molar-refractivity contribution in [2.45, 2.75) is 13.5 Å². The highest BCUT2D eigenvalue weighted by Gasteiger charge is 2.23. The maximum Gasteiger partial charge on any atom is 0.361 e. The summed E-state index contributed by atoms with van der Waals surface area (Å²) in [5.74, 6) is -0.433. The first-order chi connectivity index (χ1) is 10.3. The summed E-state index contributed by atoms with van der Waals surface area (Å²) in [5, 5.41) is 14.2. The Kier molecular flexibility index (Phi) is 4.12. The predicted octanol–water partition coefficient (Wildman–Crippen LogP) is 3.29. The van der Waals surface area contributed by atoms with Crippen molar-refractivity contribution in [2.75, 3.05) is 6.61 Å². The van der Waals surface area contributed by atoms with E-state index in [9.17, 15) is 4.79 Å². The van der Waals surface area contributed by atoms with Gasteiger partial charge < -0.3 is 4.74 Å². The Morgan fingerprint density at radius 1 is 1.38 bits per heavy atom. The summed E-state index contributed by atoms with van der Waals surface area (Å²) < 4.78 is 6.82. The molecule has 0 spiro atoms. The summed E-state index contributed by atoms with van der Waals surface area (Å²) >= 11 is 3.18. The van der Waals surface area contributed by atoms with E-state index in [0.717, 1.165) is 16.1 Å². The molecular formula is C14H13N3O2S2. The third-order valence-electron chi connectivity index (χ3n) is 2.87. The maximum absolute atomic E-state index is 12.0. The van der Waals surface area contributed by atoms with Gasteiger partial charge in [0, 0.05) is 0 Å². The predicted molar refractivity (Wildman–Crippen MR) is 82.7 cm³/mol. The van der Waals surface area contributed by atoms with Gasteiger partial charge in [-0.2, -0.15) is 11.3 Å². The molecule has 0 aliphatic rings. The van der Waals surface area contributed by atoms with Gasteiger partial charge in [-0.25, -0.2) is 9.48 Å². The molecule has 3 aromatic heterocycles. The van der Waals surface area contributed by atoms with E-state index in [-0.39, 0.29) is 5.69 Å². The molecule has 3 rings (SSSR count). The van der Waals surface area contributed by atoms with Crippen molar-refractivity contribution in [3.05, 3.63) is 45.6 Å². The van der Waals surface area contributed by atoms with Gasteiger partial charge in [0.2, 0.25) is 0 Å². The van der Waals surface area contributed by atoms with Crippen LogP contribution >= 0.6 is 22.7 Å². The molecule has 3 heterocycles. The number of hydrogen-bond acceptors (Lipinski definition) is 6. The summed E-state index contributed by atoms with van der Waals surface area (Å²) in [5.41, 5.74) is 2.13. The second kappa shape index (κ2) is 6.19. The standard InChI is InChI=1S/C14H13N3O2S2/c1-2-19-14(18)12-13(11-4-3-6-21-11)17(16-15-12)8-10-5-7-20-9-10/h3-7,9H,2,8H2,1H3. The Morgan fingerprint density at radius 3 is 2.95 bits per heavy atom. The minimum atomic E-state index is -0.433. The zero-order valence-corrected chi connectivity index (χ0v) is 13.0. The lowest BCUT2D eigenvalue weighted by atomic mass is 10.2. The van der Waals surface area contributed by atoms with Crippen molar-refractivity contribution in [3.63, 3.8) is 0 Å². The van der Waals surface area contributed by atoms with Crippen LogP contribution in [0.15, 0.2) is 34.3 Å². The van der Waals surface area contributed by atoms with Crippen LogP contribution in [-0.2, 0) is 11.3 Å². The van der Waals surface area contributed by atoms with Gasteiger partial charge >= 0.3 is 5.97 Å². The molecule has 5 nitrogen and oxygen atoms in total. The van der Waals surface area contributed by atoms with E-state index in [4.69, 9.17) is 4.74 Å². The number of carbonyl (C=O) groups is 1. The normalized spacial score (nSPS) is 10.7. The molecule has 0 radical (unpaired) electrons. The molecule has 7 heteroatoms. The molecule has 0 N–H and O–H groups in total. The Bertz CT molecular complexity index is 718. The van der Waals surface area contributed by atoms with Crippen LogP contribution in [0.25, 0.3) is 10.6 Å². The minimum Gasteiger partial charge on any atom is -0.461 e. The van der Waals surface area contributed by atoms with E-state index in [1.807, 2.05) is 29.0 Å². The molecule has 21 heavy (non-hydrogen) atoms. The van der Waals surface area contributed by atoms with Crippen molar-refractivity contribution in [2.24, 2.45) is 0 Å². The van der Waals surface area contributed by atoms with Crippen molar-refractivity contribution >= 4 is 28.6 Å². The number of esters is 1. The summed E-state index contributed by atoms with van der Waals surface area (Å²) in [6.07, 6.45) is 0. The van der Waals surface area contributed by atoms with Gasteiger partial charge in [-0.15, -0.1) is 16.4 Å². The first-order valence-electron chi connectivity index (χ1n) is 6.45. The summed E-state index contributed by atoms with van der Waals surface area (Å²) in [4.78, 5) is 13.0. The Morgan fingerprint density at radius 2 is 2.29 bits per heavy atom. The number of carbonyl (C=O) groups excluding carboxylic acids is 1. The summed E-state index contributed by atoms with van der Waals surface area (Å²) in [6, 6.07) is 5.93. The third kappa shape index (κ3) is 2.88. The summed E-state index contributed by atoms with van der Waals surface area (Å²) in [6.45, 7) is 2.68. The van der Waals surface area contributed by atoms with E-state index in [1.54, 1.807) is 34.3 Å². The smallest absolute Gasteiger partial charge is 0.361 e. The molecule has 3 aromatic rings. The summed E-state index contributed by atoms with van der Waals surface area (Å²) in [7, 11) is 0. The van der Waals surface area contributed by atoms with Crippen LogP contribution in [0.1, 0.15) is 23.0 Å². The fourth-order valence-corrected chi connectivity index (χ4v) is 3.41. The lowest BCUT2D eigenvalue weighted by Crippen LogP contribution is -2.08. The average Bonchev–Trinajstić information content (AvgIpc) is 3.20. The Balaban J connectivity index is 2.02. The van der Waals surface area contributed by atoms with E-state index in [0.29, 0.717) is 13.2 Å². The van der Waals surface area contributed by atoms with Crippen molar-refractivity contribution in [3.8, 4) is 10.6 Å². The van der Waals surface area contributed by atoms with Gasteiger partial charge in [0.05, 0.1) is 18.0 Å². The van der Waals surface area contributed by atoms with E-state index in [1.165, 1.54) is 0 Å². The molecule has 0 saturated carbocycles. The average molecular weight is 319 g/mol. The fourth-order valence-electron chi connectivity index (χ4n) is 1.97. The largest absolute Gasteiger partial charge is 0.461 e. The number of thiophene rings is 2. The van der Waals surface area contributed by atoms with Crippen molar-refractivity contribution in [1.29, 1.82) is 0 Å². The van der Waals surface area contributed by atoms with E-state index < -0.39 is 5.97 Å². The first-order valence-corrected chi connectivity index (χ1v) is 8.27. The van der Waals surface area contributed by atoms with Crippen LogP contribution in [0.3, 0.4) is 0 Å². The molecule has 0 aliphatic carbocycles. The van der Waals surface area contributed by atoms with Crippen LogP contribution in [-0.4, -0.2) is 27.6 Å². The molecule has 0 aromatic carbocycles. The number of hydrogen-bond donors (Lipinski definition) is 0. The molecule has 0 atom stereocenters. The van der Waals surface area contributed by atoms with Gasteiger partial charge in [-0.1, -0.05) is 11.3 Å². The molecule has 0 amide bonds. The van der Waals surface area contributed by atoms with Crippen molar-refractivity contribution < 1.29 is 9.53 Å². The van der Waals surface area contributed by atoms with Crippen LogP contribution < -0.4 is 0 Å². The molecule has 0 bridgehead atoms. The van der Waals surface area contributed by atoms with Gasteiger partial charge in [0.15, 0.2) is 5.69 Å². The topological polar surface area (TPSA) is 57.0 Å². The molecule has 0 fully saturated rings. The van der Waals surface area contributed by atoms with Crippen LogP contribution in [0.2, 0.25) is 0 Å². The number of nitrogens with zero attached hydrogens (tertiary/aromatic N) is 3. The molecule has 108 valence electrons. The zero-order chi connectivity index (χ0) is 14.7. The van der Waals surface area contributed by atoms with Gasteiger partial charge in [-0.05, 0) is 40.8 Å². The fraction of sp³-hybridized carbons (Fsp3) is 0.214. The van der Waals surface area contributed by atoms with E-state index >= 15 is 0 Å². The van der Waals surface area contributed by atoms with Gasteiger partial charge in [0.25, 0.3) is 0 Å². The number of rotatable bonds is 5. The highest BCUT2D eigenvalue weighted by atomic mass is 32.1. The SMILES string of the molecule is CCOC(=O)c1nnn(Cc2ccsc2)c1-c1cccs1. The minimum absolute atomic E-state index is 0.273. The second-order valence-corrected chi connectivity index (χ2v) is 6.00. The van der Waals surface area contributed by atoms with Gasteiger partial charge in [0.1, 0.15) is 5.69 Å². The highest BCUT2D eigenvalue weighted by Crippen LogP contribution is 2.28. The third-order valence-corrected chi connectivity index (χ3v) is 4.48. The van der Waals surface area contributed by atoms with Crippen LogP contribution in [0.4, 0.5) is 0 Å². The Labute approximate surface area is 129 Å². The maximum atomic E-state index is 12.0. The molecular weight excluding hydrogens is 306 g/mol. The zero-order valence-electron chi connectivity index (χ0n) is 11.4. The van der Waals surface area contributed by atoms with E-state index in [2.05, 4.69) is 15.7 Å². The monoisotopic (exact) mass is 319 g/mol. The lowest BCUT2D eigenvalue weighted by Gasteiger charge is -2.05. The highest BCUT2D eigenvalue weighted by molar-refractivity contribution is 7.13. The molecule has 0 unspecified atom stereocenters. The molecule has 0 aliphatic heterocycles. The van der Waals surface area contributed by atoms with Crippen molar-refractivity contribution in [1.82, 2.24) is 15.0 Å².